The summed E-state index contributed by atoms with van der Waals surface area (Å²) in [5.41, 5.74) is 0.622. The van der Waals surface area contributed by atoms with E-state index in [1.807, 2.05) is 0 Å². The summed E-state index contributed by atoms with van der Waals surface area (Å²) in [6, 6.07) is 5.67. The second-order valence-corrected chi connectivity index (χ2v) is 5.65. The highest BCUT2D eigenvalue weighted by Crippen LogP contribution is 2.20. The molecule has 0 aliphatic carbocycles. The van der Waals surface area contributed by atoms with E-state index in [0.717, 1.165) is 12.8 Å². The van der Waals surface area contributed by atoms with E-state index >= 15 is 0 Å². The first kappa shape index (κ1) is 16.6. The van der Waals surface area contributed by atoms with Crippen molar-refractivity contribution in [3.63, 3.8) is 0 Å². The number of carbonyl (C=O) groups is 1. The second kappa shape index (κ2) is 7.97. The maximum absolute atomic E-state index is 12.7. The highest BCUT2D eigenvalue weighted by atomic mass is 19.1. The number of benzene rings is 1. The molecular weight excluding hydrogens is 259 g/mol. The summed E-state index contributed by atoms with van der Waals surface area (Å²) < 4.78 is 12.7. The summed E-state index contributed by atoms with van der Waals surface area (Å²) in [5, 5.41) is 14.6. The van der Waals surface area contributed by atoms with Crippen LogP contribution in [0.5, 0.6) is 0 Å². The van der Waals surface area contributed by atoms with Gasteiger partial charge in [0.1, 0.15) is 5.82 Å². The van der Waals surface area contributed by atoms with Crippen molar-refractivity contribution >= 4 is 11.6 Å². The van der Waals surface area contributed by atoms with Gasteiger partial charge in [0, 0.05) is 18.8 Å². The molecule has 112 valence electrons. The zero-order valence-corrected chi connectivity index (χ0v) is 12.1. The number of hydrogen-bond acceptors (Lipinski definition) is 3. The minimum Gasteiger partial charge on any atom is -0.396 e. The Bertz CT molecular complexity index is 418. The number of hydrogen-bond donors (Lipinski definition) is 3. The van der Waals surface area contributed by atoms with Crippen molar-refractivity contribution in [3.8, 4) is 0 Å². The molecule has 0 saturated carbocycles. The Morgan fingerprint density at radius 1 is 1.30 bits per heavy atom. The molecular formula is C15H23FN2O2. The van der Waals surface area contributed by atoms with Gasteiger partial charge in [0.2, 0.25) is 5.91 Å². The first-order valence-corrected chi connectivity index (χ1v) is 6.80. The zero-order chi connectivity index (χ0) is 15.0. The van der Waals surface area contributed by atoms with Gasteiger partial charge in [0.05, 0.1) is 6.54 Å². The maximum atomic E-state index is 12.7. The zero-order valence-electron chi connectivity index (χ0n) is 12.1. The van der Waals surface area contributed by atoms with Gasteiger partial charge in [-0.2, -0.15) is 0 Å². The minimum atomic E-state index is -0.327. The maximum Gasteiger partial charge on any atom is 0.238 e. The lowest BCUT2D eigenvalue weighted by atomic mass is 9.88. The van der Waals surface area contributed by atoms with Crippen molar-refractivity contribution in [2.45, 2.75) is 26.7 Å². The van der Waals surface area contributed by atoms with Gasteiger partial charge in [-0.15, -0.1) is 0 Å². The molecule has 0 unspecified atom stereocenters. The molecule has 0 saturated heterocycles. The number of halogens is 1. The molecule has 0 aliphatic heterocycles. The SMILES string of the molecule is CC(C)(CCCO)CNCC(=O)Nc1ccc(F)cc1. The Kier molecular flexibility index (Phi) is 6.61. The standard InChI is InChI=1S/C15H23FN2O2/c1-15(2,8-3-9-19)11-17-10-14(20)18-13-6-4-12(16)5-7-13/h4-7,17,19H,3,8-11H2,1-2H3,(H,18,20). The molecule has 20 heavy (non-hydrogen) atoms. The van der Waals surface area contributed by atoms with Gasteiger partial charge >= 0.3 is 0 Å². The van der Waals surface area contributed by atoms with E-state index in [2.05, 4.69) is 24.5 Å². The van der Waals surface area contributed by atoms with Crippen LogP contribution in [0.25, 0.3) is 0 Å². The smallest absolute Gasteiger partial charge is 0.238 e. The molecule has 0 spiro atoms. The number of amides is 1. The molecule has 1 rings (SSSR count). The van der Waals surface area contributed by atoms with Crippen LogP contribution in [-0.4, -0.2) is 30.7 Å². The fourth-order valence-corrected chi connectivity index (χ4v) is 1.90. The Balaban J connectivity index is 2.28. The van der Waals surface area contributed by atoms with Crippen molar-refractivity contribution < 1.29 is 14.3 Å². The molecule has 1 amide bonds. The van der Waals surface area contributed by atoms with Crippen molar-refractivity contribution in [1.29, 1.82) is 0 Å². The summed E-state index contributed by atoms with van der Waals surface area (Å²) >= 11 is 0. The van der Waals surface area contributed by atoms with E-state index in [4.69, 9.17) is 5.11 Å². The number of aliphatic hydroxyl groups excluding tert-OH is 1. The molecule has 3 N–H and O–H groups in total. The average Bonchev–Trinajstić information content (AvgIpc) is 2.39. The molecule has 1 aromatic rings. The van der Waals surface area contributed by atoms with Crippen LogP contribution >= 0.6 is 0 Å². The van der Waals surface area contributed by atoms with E-state index in [9.17, 15) is 9.18 Å². The number of carbonyl (C=O) groups excluding carboxylic acids is 1. The van der Waals surface area contributed by atoms with Gasteiger partial charge in [-0.05, 0) is 42.5 Å². The largest absolute Gasteiger partial charge is 0.396 e. The van der Waals surface area contributed by atoms with Crippen LogP contribution in [0.4, 0.5) is 10.1 Å². The molecule has 0 heterocycles. The van der Waals surface area contributed by atoms with E-state index in [1.165, 1.54) is 24.3 Å². The molecule has 0 aliphatic rings. The number of rotatable bonds is 8. The van der Waals surface area contributed by atoms with Crippen LogP contribution < -0.4 is 10.6 Å². The average molecular weight is 282 g/mol. The third-order valence-corrected chi connectivity index (χ3v) is 3.03. The molecule has 5 heteroatoms. The molecule has 0 fully saturated rings. The van der Waals surface area contributed by atoms with E-state index in [-0.39, 0.29) is 30.3 Å². The summed E-state index contributed by atoms with van der Waals surface area (Å²) in [6.07, 6.45) is 1.66. The van der Waals surface area contributed by atoms with Crippen LogP contribution in [0.15, 0.2) is 24.3 Å². The summed E-state index contributed by atoms with van der Waals surface area (Å²) in [5.74, 6) is -0.485. The number of aliphatic hydroxyl groups is 1. The highest BCUT2D eigenvalue weighted by molar-refractivity contribution is 5.92. The highest BCUT2D eigenvalue weighted by Gasteiger charge is 2.17. The third-order valence-electron chi connectivity index (χ3n) is 3.03. The second-order valence-electron chi connectivity index (χ2n) is 5.65. The van der Waals surface area contributed by atoms with Crippen LogP contribution in [0.3, 0.4) is 0 Å². The molecule has 0 radical (unpaired) electrons. The Labute approximate surface area is 119 Å². The lowest BCUT2D eigenvalue weighted by molar-refractivity contribution is -0.115. The normalized spacial score (nSPS) is 11.4. The summed E-state index contributed by atoms with van der Waals surface area (Å²) in [6.45, 7) is 5.28. The summed E-state index contributed by atoms with van der Waals surface area (Å²) in [7, 11) is 0. The van der Waals surface area contributed by atoms with Crippen molar-refractivity contribution in [2.75, 3.05) is 25.0 Å². The Hall–Kier alpha value is -1.46. The molecule has 0 aromatic heterocycles. The van der Waals surface area contributed by atoms with Crippen molar-refractivity contribution in [2.24, 2.45) is 5.41 Å². The molecule has 0 bridgehead atoms. The van der Waals surface area contributed by atoms with E-state index in [0.29, 0.717) is 12.2 Å². The van der Waals surface area contributed by atoms with Crippen molar-refractivity contribution in [1.82, 2.24) is 5.32 Å². The van der Waals surface area contributed by atoms with Crippen molar-refractivity contribution in [3.05, 3.63) is 30.1 Å². The lowest BCUT2D eigenvalue weighted by Crippen LogP contribution is -2.35. The minimum absolute atomic E-state index is 0.0406. The van der Waals surface area contributed by atoms with E-state index < -0.39 is 0 Å². The fourth-order valence-electron chi connectivity index (χ4n) is 1.90. The lowest BCUT2D eigenvalue weighted by Gasteiger charge is -2.24. The number of nitrogens with one attached hydrogen (secondary N) is 2. The van der Waals surface area contributed by atoms with Crippen LogP contribution in [0, 0.1) is 11.2 Å². The summed E-state index contributed by atoms with van der Waals surface area (Å²) in [4.78, 5) is 11.7. The monoisotopic (exact) mass is 282 g/mol. The molecule has 4 nitrogen and oxygen atoms in total. The predicted octanol–water partition coefficient (Wildman–Crippen LogP) is 2.15. The van der Waals surface area contributed by atoms with Gasteiger partial charge < -0.3 is 15.7 Å². The van der Waals surface area contributed by atoms with Gasteiger partial charge in [0.25, 0.3) is 0 Å². The van der Waals surface area contributed by atoms with Crippen LogP contribution in [-0.2, 0) is 4.79 Å². The molecule has 1 aromatic carbocycles. The molecule has 0 atom stereocenters. The fraction of sp³-hybridized carbons (Fsp3) is 0.533. The van der Waals surface area contributed by atoms with Gasteiger partial charge in [-0.1, -0.05) is 13.8 Å². The van der Waals surface area contributed by atoms with Gasteiger partial charge in [-0.3, -0.25) is 4.79 Å². The first-order valence-electron chi connectivity index (χ1n) is 6.80. The third kappa shape index (κ3) is 6.63. The first-order chi connectivity index (χ1) is 9.43. The predicted molar refractivity (Wildman–Crippen MR) is 78.0 cm³/mol. The van der Waals surface area contributed by atoms with E-state index in [1.54, 1.807) is 0 Å². The quantitative estimate of drug-likeness (QED) is 0.684. The Morgan fingerprint density at radius 3 is 2.55 bits per heavy atom. The van der Waals surface area contributed by atoms with Gasteiger partial charge in [0.15, 0.2) is 0 Å². The van der Waals surface area contributed by atoms with Gasteiger partial charge in [-0.25, -0.2) is 4.39 Å². The number of anilines is 1. The van der Waals surface area contributed by atoms with Crippen LogP contribution in [0.1, 0.15) is 26.7 Å². The topological polar surface area (TPSA) is 61.4 Å². The Morgan fingerprint density at radius 2 is 1.95 bits per heavy atom. The van der Waals surface area contributed by atoms with Crippen LogP contribution in [0.2, 0.25) is 0 Å².